The van der Waals surface area contributed by atoms with Crippen LogP contribution in [0.2, 0.25) is 5.02 Å². The molecule has 2 aromatic rings. The molecule has 0 saturated heterocycles. The number of pyridine rings is 1. The van der Waals surface area contributed by atoms with Gasteiger partial charge < -0.3 is 5.73 Å². The molecule has 4 N–H and O–H groups in total. The fourth-order valence-corrected chi connectivity index (χ4v) is 3.25. The minimum absolute atomic E-state index is 0.0942. The summed E-state index contributed by atoms with van der Waals surface area (Å²) in [5.74, 6) is 0. The normalized spacial score (nSPS) is 11.5. The number of rotatable bonds is 3. The van der Waals surface area contributed by atoms with E-state index in [1.165, 1.54) is 17.8 Å². The molecule has 2 rings (SSSR count). The maximum atomic E-state index is 11.4. The van der Waals surface area contributed by atoms with Gasteiger partial charge >= 0.3 is 0 Å². The molecule has 0 bridgehead atoms. The molecular weight excluding hydrogens is 306 g/mol. The predicted molar refractivity (Wildman–Crippen MR) is 75.6 cm³/mol. The second-order valence-electron chi connectivity index (χ2n) is 3.61. The average Bonchev–Trinajstić information content (AvgIpc) is 2.33. The molecule has 0 saturated carbocycles. The lowest BCUT2D eigenvalue weighted by molar-refractivity contribution is 0.598. The predicted octanol–water partition coefficient (Wildman–Crippen LogP) is 2.12. The van der Waals surface area contributed by atoms with Gasteiger partial charge in [-0.05, 0) is 24.3 Å². The molecule has 8 heteroatoms. The van der Waals surface area contributed by atoms with Crippen LogP contribution in [0.15, 0.2) is 51.3 Å². The Kier molecular flexibility index (Phi) is 4.00. The van der Waals surface area contributed by atoms with Gasteiger partial charge in [-0.15, -0.1) is 0 Å². The van der Waals surface area contributed by atoms with E-state index >= 15 is 0 Å². The van der Waals surface area contributed by atoms with Crippen molar-refractivity contribution in [3.05, 3.63) is 41.6 Å². The number of benzene rings is 1. The highest BCUT2D eigenvalue weighted by Crippen LogP contribution is 2.36. The lowest BCUT2D eigenvalue weighted by Gasteiger charge is -2.09. The number of nitrogens with two attached hydrogens (primary N) is 2. The van der Waals surface area contributed by atoms with Crippen LogP contribution >= 0.6 is 23.4 Å². The number of halogens is 1. The Hall–Kier alpha value is -1.28. The Morgan fingerprint density at radius 2 is 1.95 bits per heavy atom. The summed E-state index contributed by atoms with van der Waals surface area (Å²) in [4.78, 5) is 4.53. The highest BCUT2D eigenvalue weighted by Gasteiger charge is 2.16. The summed E-state index contributed by atoms with van der Waals surface area (Å²) < 4.78 is 22.7. The molecule has 5 nitrogen and oxygen atoms in total. The van der Waals surface area contributed by atoms with E-state index in [2.05, 4.69) is 4.98 Å². The molecule has 0 aliphatic heterocycles. The van der Waals surface area contributed by atoms with Gasteiger partial charge in [-0.2, -0.15) is 0 Å². The van der Waals surface area contributed by atoms with Crippen molar-refractivity contribution in [2.45, 2.75) is 14.8 Å². The lowest BCUT2D eigenvalue weighted by atomic mass is 10.3. The van der Waals surface area contributed by atoms with Crippen molar-refractivity contribution in [3.63, 3.8) is 0 Å². The third kappa shape index (κ3) is 3.19. The third-order valence-corrected chi connectivity index (χ3v) is 4.74. The third-order valence-electron chi connectivity index (χ3n) is 2.26. The summed E-state index contributed by atoms with van der Waals surface area (Å²) in [7, 11) is -3.85. The first-order chi connectivity index (χ1) is 8.89. The van der Waals surface area contributed by atoms with Crippen molar-refractivity contribution in [2.75, 3.05) is 5.73 Å². The van der Waals surface area contributed by atoms with Gasteiger partial charge in [-0.3, -0.25) is 0 Å². The standard InChI is InChI=1S/C11H10ClN3O2S2/c12-7-3-2-6-15-11(7)18-8-4-1-5-9(10(8)13)19(14,16)17/h1-6H,13H2,(H2,14,16,17). The Labute approximate surface area is 120 Å². The minimum atomic E-state index is -3.85. The minimum Gasteiger partial charge on any atom is -0.397 e. The number of nitrogen functional groups attached to an aromatic ring is 1. The summed E-state index contributed by atoms with van der Waals surface area (Å²) in [5, 5.41) is 6.10. The summed E-state index contributed by atoms with van der Waals surface area (Å²) in [6, 6.07) is 8.00. The molecule has 0 atom stereocenters. The van der Waals surface area contributed by atoms with Crippen LogP contribution in [0.5, 0.6) is 0 Å². The molecule has 0 aliphatic carbocycles. The molecule has 0 spiro atoms. The first-order valence-electron chi connectivity index (χ1n) is 5.09. The number of sulfonamides is 1. The first kappa shape index (κ1) is 14.1. The maximum absolute atomic E-state index is 11.4. The number of para-hydroxylation sites is 1. The molecule has 100 valence electrons. The molecule has 1 aromatic carbocycles. The van der Waals surface area contributed by atoms with E-state index < -0.39 is 10.0 Å². The molecule has 1 heterocycles. The van der Waals surface area contributed by atoms with Crippen molar-refractivity contribution in [1.29, 1.82) is 0 Å². The zero-order valence-corrected chi connectivity index (χ0v) is 12.0. The van der Waals surface area contributed by atoms with Gasteiger partial charge in [-0.1, -0.05) is 29.4 Å². The average molecular weight is 316 g/mol. The largest absolute Gasteiger partial charge is 0.397 e. The van der Waals surface area contributed by atoms with Crippen LogP contribution < -0.4 is 10.9 Å². The van der Waals surface area contributed by atoms with Crippen molar-refractivity contribution in [1.82, 2.24) is 4.98 Å². The van der Waals surface area contributed by atoms with Gasteiger partial charge in [0.2, 0.25) is 10.0 Å². The molecule has 0 amide bonds. The Balaban J connectivity index is 2.46. The number of hydrogen-bond donors (Lipinski definition) is 2. The summed E-state index contributed by atoms with van der Waals surface area (Å²) in [6.45, 7) is 0. The number of primary sulfonamides is 1. The van der Waals surface area contributed by atoms with Crippen molar-refractivity contribution in [3.8, 4) is 0 Å². The number of nitrogens with zero attached hydrogens (tertiary/aromatic N) is 1. The fraction of sp³-hybridized carbons (Fsp3) is 0. The molecule has 0 unspecified atom stereocenters. The zero-order chi connectivity index (χ0) is 14.0. The van der Waals surface area contributed by atoms with Crippen LogP contribution in [-0.2, 0) is 10.0 Å². The van der Waals surface area contributed by atoms with Crippen molar-refractivity contribution >= 4 is 39.1 Å². The molecule has 0 radical (unpaired) electrons. The Morgan fingerprint density at radius 3 is 2.58 bits per heavy atom. The maximum Gasteiger partial charge on any atom is 0.240 e. The topological polar surface area (TPSA) is 99.1 Å². The van der Waals surface area contributed by atoms with Crippen LogP contribution in [0.4, 0.5) is 5.69 Å². The van der Waals surface area contributed by atoms with Gasteiger partial charge in [0.05, 0.1) is 10.7 Å². The Morgan fingerprint density at radius 1 is 1.21 bits per heavy atom. The van der Waals surface area contributed by atoms with Crippen LogP contribution in [-0.4, -0.2) is 13.4 Å². The molecular formula is C11H10ClN3O2S2. The van der Waals surface area contributed by atoms with E-state index in [1.54, 1.807) is 30.5 Å². The van der Waals surface area contributed by atoms with Gasteiger partial charge in [0, 0.05) is 11.1 Å². The van der Waals surface area contributed by atoms with E-state index in [0.717, 1.165) is 0 Å². The van der Waals surface area contributed by atoms with Crippen molar-refractivity contribution < 1.29 is 8.42 Å². The quantitative estimate of drug-likeness (QED) is 0.845. The lowest BCUT2D eigenvalue weighted by Crippen LogP contribution is -2.14. The summed E-state index contributed by atoms with van der Waals surface area (Å²) in [5.41, 5.74) is 5.91. The van der Waals surface area contributed by atoms with Gasteiger partial charge in [0.1, 0.15) is 9.92 Å². The highest BCUT2D eigenvalue weighted by molar-refractivity contribution is 7.99. The Bertz CT molecular complexity index is 720. The SMILES string of the molecule is Nc1c(Sc2ncccc2Cl)cccc1S(N)(=O)=O. The van der Waals surface area contributed by atoms with Gasteiger partial charge in [0.15, 0.2) is 0 Å². The second-order valence-corrected chi connectivity index (χ2v) is 6.57. The molecule has 1 aromatic heterocycles. The summed E-state index contributed by atoms with van der Waals surface area (Å²) >= 11 is 7.17. The molecule has 19 heavy (non-hydrogen) atoms. The van der Waals surface area contributed by atoms with Gasteiger partial charge in [0.25, 0.3) is 0 Å². The van der Waals surface area contributed by atoms with E-state index in [4.69, 9.17) is 22.5 Å². The van der Waals surface area contributed by atoms with E-state index in [9.17, 15) is 8.42 Å². The molecule has 0 fully saturated rings. The van der Waals surface area contributed by atoms with Gasteiger partial charge in [-0.25, -0.2) is 18.5 Å². The van der Waals surface area contributed by atoms with Crippen LogP contribution in [0, 0.1) is 0 Å². The zero-order valence-electron chi connectivity index (χ0n) is 9.58. The van der Waals surface area contributed by atoms with Crippen LogP contribution in [0.25, 0.3) is 0 Å². The number of hydrogen-bond acceptors (Lipinski definition) is 5. The number of aromatic nitrogens is 1. The van der Waals surface area contributed by atoms with E-state index in [1.807, 2.05) is 0 Å². The fourth-order valence-electron chi connectivity index (χ4n) is 1.41. The first-order valence-corrected chi connectivity index (χ1v) is 7.83. The summed E-state index contributed by atoms with van der Waals surface area (Å²) in [6.07, 6.45) is 1.59. The highest BCUT2D eigenvalue weighted by atomic mass is 35.5. The van der Waals surface area contributed by atoms with Crippen LogP contribution in [0.3, 0.4) is 0 Å². The second kappa shape index (κ2) is 5.38. The van der Waals surface area contributed by atoms with E-state index in [0.29, 0.717) is 14.9 Å². The van der Waals surface area contributed by atoms with Crippen LogP contribution in [0.1, 0.15) is 0 Å². The monoisotopic (exact) mass is 315 g/mol. The van der Waals surface area contributed by atoms with E-state index in [-0.39, 0.29) is 10.6 Å². The number of anilines is 1. The smallest absolute Gasteiger partial charge is 0.240 e. The molecule has 0 aliphatic rings. The van der Waals surface area contributed by atoms with Crippen molar-refractivity contribution in [2.24, 2.45) is 5.14 Å².